The topological polar surface area (TPSA) is 41.3 Å². The van der Waals surface area contributed by atoms with Crippen molar-refractivity contribution < 1.29 is 0 Å². The van der Waals surface area contributed by atoms with E-state index < -0.39 is 0 Å². The van der Waals surface area contributed by atoms with Crippen molar-refractivity contribution in [2.45, 2.75) is 0 Å². The van der Waals surface area contributed by atoms with E-state index in [0.717, 1.165) is 0 Å². The van der Waals surface area contributed by atoms with Crippen LogP contribution in [0.15, 0.2) is 12.4 Å². The Hall–Kier alpha value is -0.700. The fraction of sp³-hybridized carbons (Fsp3) is 0.500. The summed E-state index contributed by atoms with van der Waals surface area (Å²) in [6.45, 7) is 0. The summed E-state index contributed by atoms with van der Waals surface area (Å²) in [5, 5.41) is 0. The molecule has 0 aromatic carbocycles. The highest BCUT2D eigenvalue weighted by Gasteiger charge is 1.68. The Morgan fingerprint density at radius 1 is 1.57 bits per heavy atom. The van der Waals surface area contributed by atoms with Gasteiger partial charge in [-0.25, -0.2) is 0 Å². The Kier molecular flexibility index (Phi) is 3.14. The molecule has 42 valence electrons. The summed E-state index contributed by atoms with van der Waals surface area (Å²) >= 11 is 0. The van der Waals surface area contributed by atoms with Gasteiger partial charge < -0.3 is 10.3 Å². The van der Waals surface area contributed by atoms with E-state index in [1.165, 1.54) is 0 Å². The van der Waals surface area contributed by atoms with Crippen LogP contribution in [-0.4, -0.2) is 19.0 Å². The van der Waals surface area contributed by atoms with Crippen LogP contribution in [0.4, 0.5) is 0 Å². The Labute approximate surface area is 43.8 Å². The minimum absolute atomic E-state index is 1.65. The average molecular weight is 101 g/mol. The van der Waals surface area contributed by atoms with Crippen molar-refractivity contribution in [2.75, 3.05) is 14.1 Å². The Bertz CT molecular complexity index is 58.0. The summed E-state index contributed by atoms with van der Waals surface area (Å²) in [6.07, 6.45) is 3.47. The summed E-state index contributed by atoms with van der Waals surface area (Å²) in [7, 11) is 3.85. The highest BCUT2D eigenvalue weighted by atomic mass is 15.2. The van der Waals surface area contributed by atoms with Gasteiger partial charge in [-0.15, -0.1) is 0 Å². The third-order valence-corrected chi connectivity index (χ3v) is 0.469. The molecule has 0 bridgehead atoms. The van der Waals surface area contributed by atoms with Gasteiger partial charge in [0.1, 0.15) is 0 Å². The van der Waals surface area contributed by atoms with Gasteiger partial charge in [0.2, 0.25) is 0 Å². The lowest BCUT2D eigenvalue weighted by Gasteiger charge is -2.01. The first-order valence-electron chi connectivity index (χ1n) is 2.06. The monoisotopic (exact) mass is 101 g/mol. The summed E-state index contributed by atoms with van der Waals surface area (Å²) < 4.78 is 0. The normalized spacial score (nSPS) is 9.57. The van der Waals surface area contributed by atoms with E-state index in [-0.39, 0.29) is 0 Å². The van der Waals surface area contributed by atoms with Crippen LogP contribution in [0, 0.1) is 0 Å². The molecule has 0 heterocycles. The minimum atomic E-state index is 1.65. The number of hydrogen-bond donors (Lipinski definition) is 2. The smallest absolute Gasteiger partial charge is 0.0281 e. The number of nitrogens with two attached hydrogens (primary N) is 1. The van der Waals surface area contributed by atoms with Gasteiger partial charge in [-0.2, -0.15) is 0 Å². The van der Waals surface area contributed by atoms with E-state index in [9.17, 15) is 0 Å². The molecular weight excluding hydrogens is 90.1 g/mol. The molecule has 0 atom stereocenters. The first kappa shape index (κ1) is 6.30. The van der Waals surface area contributed by atoms with Crippen LogP contribution >= 0.6 is 0 Å². The maximum absolute atomic E-state index is 4.91. The molecule has 3 N–H and O–H groups in total. The maximum Gasteiger partial charge on any atom is 0.0281 e. The fourth-order valence-electron chi connectivity index (χ4n) is 0.192. The van der Waals surface area contributed by atoms with Crippen LogP contribution in [0.5, 0.6) is 0 Å². The fourth-order valence-corrected chi connectivity index (χ4v) is 0.192. The van der Waals surface area contributed by atoms with Crippen molar-refractivity contribution in [3.8, 4) is 0 Å². The molecule has 0 aromatic rings. The lowest BCUT2D eigenvalue weighted by Crippen LogP contribution is -2.15. The zero-order chi connectivity index (χ0) is 5.70. The third kappa shape index (κ3) is 5.30. The van der Waals surface area contributed by atoms with Crippen molar-refractivity contribution >= 4 is 0 Å². The highest BCUT2D eigenvalue weighted by molar-refractivity contribution is 4.72. The number of nitrogens with zero attached hydrogens (tertiary/aromatic N) is 1. The molecule has 0 fully saturated rings. The first-order valence-corrected chi connectivity index (χ1v) is 2.06. The quantitative estimate of drug-likeness (QED) is 0.363. The van der Waals surface area contributed by atoms with E-state index in [0.29, 0.717) is 0 Å². The van der Waals surface area contributed by atoms with Gasteiger partial charge in [-0.3, -0.25) is 5.84 Å². The first-order chi connectivity index (χ1) is 3.27. The molecule has 0 rings (SSSR count). The molecule has 0 spiro atoms. The van der Waals surface area contributed by atoms with Crippen molar-refractivity contribution in [1.82, 2.24) is 10.3 Å². The van der Waals surface area contributed by atoms with Crippen molar-refractivity contribution in [3.05, 3.63) is 12.4 Å². The zero-order valence-electron chi connectivity index (χ0n) is 4.68. The van der Waals surface area contributed by atoms with Gasteiger partial charge in [0.05, 0.1) is 0 Å². The second kappa shape index (κ2) is 3.49. The van der Waals surface area contributed by atoms with Gasteiger partial charge in [-0.1, -0.05) is 0 Å². The Morgan fingerprint density at radius 2 is 2.14 bits per heavy atom. The van der Waals surface area contributed by atoms with Crippen LogP contribution < -0.4 is 11.3 Å². The standard InChI is InChI=1S/C4H11N3/c1-7(2)4-3-6-5/h3-4,6H,5H2,1-2H3/b4-3-. The third-order valence-electron chi connectivity index (χ3n) is 0.469. The molecule has 0 radical (unpaired) electrons. The van der Waals surface area contributed by atoms with Crippen LogP contribution in [0.25, 0.3) is 0 Å². The van der Waals surface area contributed by atoms with E-state index in [4.69, 9.17) is 5.84 Å². The molecule has 7 heavy (non-hydrogen) atoms. The predicted molar refractivity (Wildman–Crippen MR) is 30.2 cm³/mol. The SMILES string of the molecule is CN(C)/C=C\NN. The zero-order valence-corrected chi connectivity index (χ0v) is 4.68. The summed E-state index contributed by atoms with van der Waals surface area (Å²) in [4.78, 5) is 1.89. The number of hydrogen-bond acceptors (Lipinski definition) is 3. The van der Waals surface area contributed by atoms with Crippen LogP contribution in [0.2, 0.25) is 0 Å². The summed E-state index contributed by atoms with van der Waals surface area (Å²) in [5.74, 6) is 4.91. The van der Waals surface area contributed by atoms with Crippen LogP contribution in [0.1, 0.15) is 0 Å². The molecule has 0 aliphatic rings. The van der Waals surface area contributed by atoms with E-state index in [2.05, 4.69) is 5.43 Å². The number of nitrogens with one attached hydrogen (secondary N) is 1. The van der Waals surface area contributed by atoms with E-state index in [1.807, 2.05) is 25.2 Å². The van der Waals surface area contributed by atoms with Gasteiger partial charge in [-0.05, 0) is 0 Å². The number of rotatable bonds is 2. The van der Waals surface area contributed by atoms with Gasteiger partial charge in [0.15, 0.2) is 0 Å². The van der Waals surface area contributed by atoms with E-state index >= 15 is 0 Å². The average Bonchev–Trinajstić information content (AvgIpc) is 1.61. The largest absolute Gasteiger partial charge is 0.382 e. The minimum Gasteiger partial charge on any atom is -0.382 e. The highest BCUT2D eigenvalue weighted by Crippen LogP contribution is 1.69. The van der Waals surface area contributed by atoms with E-state index in [1.54, 1.807) is 6.20 Å². The van der Waals surface area contributed by atoms with Crippen LogP contribution in [0.3, 0.4) is 0 Å². The molecule has 0 aromatic heterocycles. The van der Waals surface area contributed by atoms with Crippen LogP contribution in [-0.2, 0) is 0 Å². The molecule has 0 saturated heterocycles. The maximum atomic E-state index is 4.91. The number of hydrazine groups is 1. The molecule has 0 aliphatic heterocycles. The molecule has 3 heteroatoms. The lowest BCUT2D eigenvalue weighted by atomic mass is 10.8. The Balaban J connectivity index is 3.08. The van der Waals surface area contributed by atoms with Crippen molar-refractivity contribution in [3.63, 3.8) is 0 Å². The van der Waals surface area contributed by atoms with Gasteiger partial charge in [0, 0.05) is 26.5 Å². The molecule has 0 unspecified atom stereocenters. The molecular formula is C4H11N3. The second-order valence-electron chi connectivity index (χ2n) is 1.45. The lowest BCUT2D eigenvalue weighted by molar-refractivity contribution is 0.559. The van der Waals surface area contributed by atoms with Gasteiger partial charge in [0.25, 0.3) is 0 Å². The predicted octanol–water partition coefficient (Wildman–Crippen LogP) is -0.517. The molecule has 0 aliphatic carbocycles. The molecule has 3 nitrogen and oxygen atoms in total. The van der Waals surface area contributed by atoms with Crippen molar-refractivity contribution in [1.29, 1.82) is 0 Å². The van der Waals surface area contributed by atoms with Gasteiger partial charge >= 0.3 is 0 Å². The molecule has 0 amide bonds. The summed E-state index contributed by atoms with van der Waals surface area (Å²) in [5.41, 5.74) is 2.38. The summed E-state index contributed by atoms with van der Waals surface area (Å²) in [6, 6.07) is 0. The Morgan fingerprint density at radius 3 is 2.29 bits per heavy atom. The second-order valence-corrected chi connectivity index (χ2v) is 1.45. The molecule has 0 saturated carbocycles. The van der Waals surface area contributed by atoms with Crippen molar-refractivity contribution in [2.24, 2.45) is 5.84 Å².